The molecule has 0 atom stereocenters. The van der Waals surface area contributed by atoms with E-state index < -0.39 is 0 Å². The van der Waals surface area contributed by atoms with Crippen molar-refractivity contribution in [3.8, 4) is 22.5 Å². The number of aromatic nitrogens is 4. The third-order valence-corrected chi connectivity index (χ3v) is 4.02. The van der Waals surface area contributed by atoms with Crippen molar-refractivity contribution in [1.82, 2.24) is 19.4 Å². The van der Waals surface area contributed by atoms with Gasteiger partial charge in [-0.25, -0.2) is 14.4 Å². The molecule has 4 rings (SSSR count). The lowest BCUT2D eigenvalue weighted by atomic mass is 10.1. The Bertz CT molecular complexity index is 1020. The van der Waals surface area contributed by atoms with Gasteiger partial charge in [0.25, 0.3) is 0 Å². The first-order chi connectivity index (χ1) is 12.1. The van der Waals surface area contributed by atoms with Gasteiger partial charge in [-0.05, 0) is 36.4 Å². The van der Waals surface area contributed by atoms with E-state index in [2.05, 4.69) is 9.97 Å². The summed E-state index contributed by atoms with van der Waals surface area (Å²) in [5, 5.41) is 0. The summed E-state index contributed by atoms with van der Waals surface area (Å²) in [6, 6.07) is 10.2. The van der Waals surface area contributed by atoms with E-state index in [1.807, 2.05) is 41.7 Å². The highest BCUT2D eigenvalue weighted by Gasteiger charge is 2.19. The van der Waals surface area contributed by atoms with Gasteiger partial charge in [-0.1, -0.05) is 0 Å². The second-order valence-corrected chi connectivity index (χ2v) is 5.89. The molecule has 124 valence electrons. The van der Waals surface area contributed by atoms with Gasteiger partial charge < -0.3 is 4.90 Å². The van der Waals surface area contributed by atoms with E-state index in [0.717, 1.165) is 34.0 Å². The molecule has 0 amide bonds. The summed E-state index contributed by atoms with van der Waals surface area (Å²) in [6.07, 6.45) is 7.13. The maximum absolute atomic E-state index is 13.3. The number of imidazole rings is 1. The highest BCUT2D eigenvalue weighted by atomic mass is 19.1. The summed E-state index contributed by atoms with van der Waals surface area (Å²) in [5.41, 5.74) is 4.29. The Labute approximate surface area is 144 Å². The lowest BCUT2D eigenvalue weighted by Crippen LogP contribution is -2.12. The fraction of sp³-hybridized carbons (Fsp3) is 0.105. The Balaban J connectivity index is 2.07. The van der Waals surface area contributed by atoms with E-state index in [1.54, 1.807) is 30.7 Å². The third-order valence-electron chi connectivity index (χ3n) is 4.02. The molecule has 0 bridgehead atoms. The maximum atomic E-state index is 13.3. The Morgan fingerprint density at radius 1 is 0.920 bits per heavy atom. The van der Waals surface area contributed by atoms with Crippen LogP contribution in [0.5, 0.6) is 0 Å². The molecule has 0 unspecified atom stereocenters. The predicted octanol–water partition coefficient (Wildman–Crippen LogP) is 3.66. The highest BCUT2D eigenvalue weighted by Crippen LogP contribution is 2.34. The number of pyridine rings is 1. The Morgan fingerprint density at radius 3 is 2.32 bits per heavy atom. The zero-order chi connectivity index (χ0) is 17.4. The van der Waals surface area contributed by atoms with Gasteiger partial charge in [0, 0.05) is 50.0 Å². The molecule has 3 aromatic heterocycles. The van der Waals surface area contributed by atoms with Crippen molar-refractivity contribution in [3.63, 3.8) is 0 Å². The van der Waals surface area contributed by atoms with Gasteiger partial charge in [0.2, 0.25) is 0 Å². The number of hydrogen-bond donors (Lipinski definition) is 0. The molecule has 1 aromatic carbocycles. The van der Waals surface area contributed by atoms with Crippen LogP contribution in [0.15, 0.2) is 61.2 Å². The number of benzene rings is 1. The fourth-order valence-electron chi connectivity index (χ4n) is 2.87. The molecule has 4 aromatic rings. The topological polar surface area (TPSA) is 46.3 Å². The average Bonchev–Trinajstić information content (AvgIpc) is 3.02. The number of fused-ring (bicyclic) bond motifs is 1. The predicted molar refractivity (Wildman–Crippen MR) is 95.9 cm³/mol. The van der Waals surface area contributed by atoms with Crippen molar-refractivity contribution in [2.75, 3.05) is 19.0 Å². The Kier molecular flexibility index (Phi) is 3.65. The van der Waals surface area contributed by atoms with Crippen LogP contribution in [0.1, 0.15) is 0 Å². The molecule has 0 saturated heterocycles. The minimum Gasteiger partial charge on any atom is -0.360 e. The van der Waals surface area contributed by atoms with Gasteiger partial charge in [0.15, 0.2) is 11.5 Å². The van der Waals surface area contributed by atoms with Crippen LogP contribution >= 0.6 is 0 Å². The maximum Gasteiger partial charge on any atom is 0.181 e. The van der Waals surface area contributed by atoms with E-state index in [9.17, 15) is 4.39 Å². The molecular weight excluding hydrogens is 317 g/mol. The number of rotatable bonds is 3. The second-order valence-electron chi connectivity index (χ2n) is 5.89. The molecule has 0 saturated carbocycles. The summed E-state index contributed by atoms with van der Waals surface area (Å²) in [4.78, 5) is 15.3. The lowest BCUT2D eigenvalue weighted by molar-refractivity contribution is 0.628. The van der Waals surface area contributed by atoms with Gasteiger partial charge in [0.1, 0.15) is 5.82 Å². The number of nitrogens with zero attached hydrogens (tertiary/aromatic N) is 5. The first-order valence-electron chi connectivity index (χ1n) is 7.86. The highest BCUT2D eigenvalue weighted by molar-refractivity contribution is 5.84. The summed E-state index contributed by atoms with van der Waals surface area (Å²) in [5.74, 6) is 0.500. The van der Waals surface area contributed by atoms with Crippen LogP contribution in [0.3, 0.4) is 0 Å². The summed E-state index contributed by atoms with van der Waals surface area (Å²) < 4.78 is 15.4. The molecule has 0 aliphatic rings. The third kappa shape index (κ3) is 2.61. The van der Waals surface area contributed by atoms with Crippen LogP contribution in [-0.2, 0) is 0 Å². The molecule has 0 radical (unpaired) electrons. The summed E-state index contributed by atoms with van der Waals surface area (Å²) in [7, 11) is 3.86. The minimum absolute atomic E-state index is 0.270. The number of halogens is 1. The molecule has 3 heterocycles. The van der Waals surface area contributed by atoms with Crippen molar-refractivity contribution in [1.29, 1.82) is 0 Å². The largest absolute Gasteiger partial charge is 0.360 e. The van der Waals surface area contributed by atoms with Crippen LogP contribution < -0.4 is 4.90 Å². The molecule has 0 aliphatic heterocycles. The monoisotopic (exact) mass is 333 g/mol. The molecule has 6 heteroatoms. The quantitative estimate of drug-likeness (QED) is 0.574. The summed E-state index contributed by atoms with van der Waals surface area (Å²) in [6.45, 7) is 0. The summed E-state index contributed by atoms with van der Waals surface area (Å²) >= 11 is 0. The van der Waals surface area contributed by atoms with E-state index in [4.69, 9.17) is 4.98 Å². The van der Waals surface area contributed by atoms with E-state index in [-0.39, 0.29) is 5.82 Å². The number of hydrogen-bond acceptors (Lipinski definition) is 4. The van der Waals surface area contributed by atoms with Crippen molar-refractivity contribution in [2.24, 2.45) is 0 Å². The average molecular weight is 333 g/mol. The van der Waals surface area contributed by atoms with Crippen molar-refractivity contribution >= 4 is 11.5 Å². The molecule has 5 nitrogen and oxygen atoms in total. The molecule has 0 aliphatic carbocycles. The number of anilines is 1. The molecular formula is C19H16FN5. The van der Waals surface area contributed by atoms with Gasteiger partial charge in [-0.3, -0.25) is 9.38 Å². The molecule has 25 heavy (non-hydrogen) atoms. The van der Waals surface area contributed by atoms with Gasteiger partial charge in [0.05, 0.1) is 11.4 Å². The molecule has 0 N–H and O–H groups in total. The minimum atomic E-state index is -0.270. The molecule has 0 spiro atoms. The first kappa shape index (κ1) is 15.3. The van der Waals surface area contributed by atoms with Crippen molar-refractivity contribution in [2.45, 2.75) is 0 Å². The lowest BCUT2D eigenvalue weighted by Gasteiger charge is -2.12. The zero-order valence-corrected chi connectivity index (χ0v) is 13.9. The Morgan fingerprint density at radius 2 is 1.64 bits per heavy atom. The van der Waals surface area contributed by atoms with E-state index in [0.29, 0.717) is 0 Å². The standard InChI is InChI=1S/C19H16FN5/c1-24(2)18-19-23-16(13-3-5-15(20)6-4-13)17(25(19)12-11-22-18)14-7-9-21-10-8-14/h3-12H,1-2H3. The Hall–Kier alpha value is -3.28. The smallest absolute Gasteiger partial charge is 0.181 e. The van der Waals surface area contributed by atoms with Gasteiger partial charge in [-0.2, -0.15) is 0 Å². The van der Waals surface area contributed by atoms with Crippen molar-refractivity contribution < 1.29 is 4.39 Å². The van der Waals surface area contributed by atoms with Crippen LogP contribution in [0.2, 0.25) is 0 Å². The normalized spacial score (nSPS) is 11.0. The van der Waals surface area contributed by atoms with Crippen LogP contribution in [0.25, 0.3) is 28.2 Å². The van der Waals surface area contributed by atoms with Gasteiger partial charge in [-0.15, -0.1) is 0 Å². The van der Waals surface area contributed by atoms with E-state index >= 15 is 0 Å². The first-order valence-corrected chi connectivity index (χ1v) is 7.86. The van der Waals surface area contributed by atoms with Crippen LogP contribution in [0, 0.1) is 5.82 Å². The fourth-order valence-corrected chi connectivity index (χ4v) is 2.87. The van der Waals surface area contributed by atoms with Crippen molar-refractivity contribution in [3.05, 3.63) is 67.0 Å². The van der Waals surface area contributed by atoms with E-state index in [1.165, 1.54) is 12.1 Å². The van der Waals surface area contributed by atoms with Crippen LogP contribution in [0.4, 0.5) is 10.2 Å². The van der Waals surface area contributed by atoms with Crippen LogP contribution in [-0.4, -0.2) is 33.4 Å². The second kappa shape index (κ2) is 5.98. The zero-order valence-electron chi connectivity index (χ0n) is 13.9. The SMILES string of the molecule is CN(C)c1nccn2c(-c3ccncc3)c(-c3ccc(F)cc3)nc12. The van der Waals surface area contributed by atoms with Gasteiger partial charge >= 0.3 is 0 Å². The molecule has 0 fully saturated rings.